The first-order valence-corrected chi connectivity index (χ1v) is 9.72. The second-order valence-corrected chi connectivity index (χ2v) is 7.58. The minimum atomic E-state index is -0.965. The van der Waals surface area contributed by atoms with Crippen LogP contribution in [-0.4, -0.2) is 62.5 Å². The van der Waals surface area contributed by atoms with Crippen molar-refractivity contribution in [1.82, 2.24) is 30.4 Å². The van der Waals surface area contributed by atoms with Crippen molar-refractivity contribution in [3.8, 4) is 0 Å². The molecule has 3 aliphatic rings. The maximum absolute atomic E-state index is 12.9. The van der Waals surface area contributed by atoms with E-state index in [9.17, 15) is 19.2 Å². The fourth-order valence-corrected chi connectivity index (χ4v) is 3.92. The highest BCUT2D eigenvalue weighted by atomic mass is 16.2. The van der Waals surface area contributed by atoms with Crippen LogP contribution in [0.1, 0.15) is 50.9 Å². The van der Waals surface area contributed by atoms with Gasteiger partial charge in [-0.2, -0.15) is 0 Å². The number of rotatable bonds is 5. The number of carbonyl (C=O) groups excluding carboxylic acids is 4. The smallest absolute Gasteiger partial charge is 0.262 e. The van der Waals surface area contributed by atoms with E-state index < -0.39 is 29.7 Å². The molecule has 3 N–H and O–H groups in total. The summed E-state index contributed by atoms with van der Waals surface area (Å²) in [4.78, 5) is 50.1. The van der Waals surface area contributed by atoms with Crippen LogP contribution in [0, 0.1) is 0 Å². The summed E-state index contributed by atoms with van der Waals surface area (Å²) >= 11 is 0. The van der Waals surface area contributed by atoms with Crippen molar-refractivity contribution < 1.29 is 19.2 Å². The zero-order valence-corrected chi connectivity index (χ0v) is 15.9. The second kappa shape index (κ2) is 7.02. The lowest BCUT2D eigenvalue weighted by Crippen LogP contribution is -2.54. The summed E-state index contributed by atoms with van der Waals surface area (Å²) in [5.41, 5.74) is 4.54. The molecule has 3 aliphatic heterocycles. The van der Waals surface area contributed by atoms with Crippen molar-refractivity contribution >= 4 is 23.6 Å². The van der Waals surface area contributed by atoms with Crippen molar-refractivity contribution in [2.24, 2.45) is 0 Å². The fraction of sp³-hybridized carbons (Fsp3) is 0.368. The van der Waals surface area contributed by atoms with Gasteiger partial charge in [0.1, 0.15) is 12.4 Å². The van der Waals surface area contributed by atoms with Gasteiger partial charge >= 0.3 is 0 Å². The number of hydrogen-bond acceptors (Lipinski definition) is 8. The van der Waals surface area contributed by atoms with E-state index in [0.717, 1.165) is 29.4 Å². The number of fused-ring (bicyclic) bond motifs is 1. The van der Waals surface area contributed by atoms with Gasteiger partial charge in [0.05, 0.1) is 17.7 Å². The first kappa shape index (κ1) is 18.4. The number of nitrogens with one attached hydrogen (secondary N) is 3. The Balaban J connectivity index is 1.33. The fourth-order valence-electron chi connectivity index (χ4n) is 3.92. The van der Waals surface area contributed by atoms with Gasteiger partial charge in [0, 0.05) is 25.4 Å². The van der Waals surface area contributed by atoms with Gasteiger partial charge in [-0.05, 0) is 24.1 Å². The molecule has 4 heterocycles. The lowest BCUT2D eigenvalue weighted by Gasteiger charge is -2.27. The molecular formula is C19H19N7O4. The van der Waals surface area contributed by atoms with Gasteiger partial charge in [0.2, 0.25) is 11.8 Å². The monoisotopic (exact) mass is 409 g/mol. The molecule has 1 aromatic heterocycles. The molecular weight excluding hydrogens is 390 g/mol. The maximum atomic E-state index is 12.9. The molecule has 2 fully saturated rings. The molecule has 0 aliphatic carbocycles. The summed E-state index contributed by atoms with van der Waals surface area (Å²) in [5, 5.41) is 13.5. The minimum Gasteiger partial charge on any atom is -0.319 e. The SMILES string of the molecule is O=C1CCC(N2C(=O)c3ccc(CNn4cnnc4C4CNC4)cc3C2=O)C(=O)N1. The molecule has 11 heteroatoms. The summed E-state index contributed by atoms with van der Waals surface area (Å²) in [6, 6.07) is 4.05. The van der Waals surface area contributed by atoms with Gasteiger partial charge in [-0.1, -0.05) is 6.07 Å². The number of carbonyl (C=O) groups is 4. The number of nitrogens with zero attached hydrogens (tertiary/aromatic N) is 4. The third-order valence-corrected chi connectivity index (χ3v) is 5.68. The zero-order chi connectivity index (χ0) is 20.8. The van der Waals surface area contributed by atoms with Gasteiger partial charge in [0.15, 0.2) is 5.82 Å². The zero-order valence-electron chi connectivity index (χ0n) is 15.9. The highest BCUT2D eigenvalue weighted by Crippen LogP contribution is 2.28. The Morgan fingerprint density at radius 3 is 2.63 bits per heavy atom. The molecule has 0 saturated carbocycles. The van der Waals surface area contributed by atoms with Crippen LogP contribution in [0.5, 0.6) is 0 Å². The third-order valence-electron chi connectivity index (χ3n) is 5.68. The molecule has 1 unspecified atom stereocenters. The van der Waals surface area contributed by atoms with Gasteiger partial charge in [-0.25, -0.2) is 4.68 Å². The minimum absolute atomic E-state index is 0.0940. The average molecular weight is 409 g/mol. The first-order chi connectivity index (χ1) is 14.5. The lowest BCUT2D eigenvalue weighted by atomic mass is 10.0. The number of benzene rings is 1. The normalized spacial score (nSPS) is 21.5. The van der Waals surface area contributed by atoms with Crippen LogP contribution in [0.25, 0.3) is 0 Å². The number of hydrogen-bond donors (Lipinski definition) is 3. The van der Waals surface area contributed by atoms with E-state index in [-0.39, 0.29) is 24.0 Å². The largest absolute Gasteiger partial charge is 0.319 e. The third kappa shape index (κ3) is 2.94. The molecule has 154 valence electrons. The molecule has 1 atom stereocenters. The van der Waals surface area contributed by atoms with Crippen molar-refractivity contribution in [2.75, 3.05) is 18.5 Å². The van der Waals surface area contributed by atoms with Crippen LogP contribution in [0.2, 0.25) is 0 Å². The summed E-state index contributed by atoms with van der Waals surface area (Å²) in [7, 11) is 0. The average Bonchev–Trinajstić information content (AvgIpc) is 3.23. The molecule has 11 nitrogen and oxygen atoms in total. The van der Waals surface area contributed by atoms with Crippen LogP contribution < -0.4 is 16.1 Å². The Kier molecular flexibility index (Phi) is 4.31. The van der Waals surface area contributed by atoms with Crippen molar-refractivity contribution in [3.05, 3.63) is 47.0 Å². The van der Waals surface area contributed by atoms with Gasteiger partial charge < -0.3 is 10.7 Å². The summed E-state index contributed by atoms with van der Waals surface area (Å²) < 4.78 is 1.77. The molecule has 30 heavy (non-hydrogen) atoms. The predicted molar refractivity (Wildman–Crippen MR) is 102 cm³/mol. The quantitative estimate of drug-likeness (QED) is 0.541. The van der Waals surface area contributed by atoms with Crippen LogP contribution >= 0.6 is 0 Å². The highest BCUT2D eigenvalue weighted by Gasteiger charge is 2.44. The molecule has 2 saturated heterocycles. The number of imide groups is 2. The van der Waals surface area contributed by atoms with Crippen LogP contribution in [-0.2, 0) is 16.1 Å². The van der Waals surface area contributed by atoms with E-state index in [1.54, 1.807) is 29.2 Å². The Morgan fingerprint density at radius 1 is 1.10 bits per heavy atom. The molecule has 2 aromatic rings. The summed E-state index contributed by atoms with van der Waals surface area (Å²) in [5.74, 6) is -0.897. The molecule has 0 radical (unpaired) electrons. The second-order valence-electron chi connectivity index (χ2n) is 7.58. The Labute approximate surface area is 170 Å². The van der Waals surface area contributed by atoms with E-state index >= 15 is 0 Å². The summed E-state index contributed by atoms with van der Waals surface area (Å²) in [6.07, 6.45) is 1.83. The first-order valence-electron chi connectivity index (χ1n) is 9.72. The van der Waals surface area contributed by atoms with E-state index in [4.69, 9.17) is 0 Å². The van der Waals surface area contributed by atoms with E-state index in [1.165, 1.54) is 0 Å². The Morgan fingerprint density at radius 2 is 1.90 bits per heavy atom. The van der Waals surface area contributed by atoms with E-state index in [2.05, 4.69) is 26.3 Å². The van der Waals surface area contributed by atoms with Crippen molar-refractivity contribution in [2.45, 2.75) is 31.3 Å². The Bertz CT molecular complexity index is 1070. The number of aromatic nitrogens is 3. The molecule has 5 rings (SSSR count). The lowest BCUT2D eigenvalue weighted by molar-refractivity contribution is -0.136. The van der Waals surface area contributed by atoms with E-state index in [1.807, 2.05) is 0 Å². The van der Waals surface area contributed by atoms with Crippen LogP contribution in [0.3, 0.4) is 0 Å². The number of amides is 4. The molecule has 0 bridgehead atoms. The van der Waals surface area contributed by atoms with Crippen LogP contribution in [0.4, 0.5) is 0 Å². The van der Waals surface area contributed by atoms with Gasteiger partial charge in [-0.15, -0.1) is 10.2 Å². The van der Waals surface area contributed by atoms with E-state index in [0.29, 0.717) is 12.5 Å². The predicted octanol–water partition coefficient (Wildman–Crippen LogP) is -0.890. The van der Waals surface area contributed by atoms with Crippen LogP contribution in [0.15, 0.2) is 24.5 Å². The molecule has 1 aromatic carbocycles. The summed E-state index contributed by atoms with van der Waals surface area (Å²) in [6.45, 7) is 2.11. The van der Waals surface area contributed by atoms with Crippen molar-refractivity contribution in [1.29, 1.82) is 0 Å². The standard InChI is InChI=1S/C19H19N7O4/c27-15-4-3-14(17(28)23-15)26-18(29)12-2-1-10(5-13(12)19(26)30)6-22-25-9-21-24-16(25)11-7-20-8-11/h1-2,5,9,11,14,20,22H,3-4,6-8H2,(H,23,27,28). The highest BCUT2D eigenvalue weighted by molar-refractivity contribution is 6.23. The molecule has 4 amide bonds. The maximum Gasteiger partial charge on any atom is 0.262 e. The van der Waals surface area contributed by atoms with Crippen molar-refractivity contribution in [3.63, 3.8) is 0 Å². The van der Waals surface area contributed by atoms with Gasteiger partial charge in [0.25, 0.3) is 11.8 Å². The number of piperidine rings is 1. The van der Waals surface area contributed by atoms with Gasteiger partial charge in [-0.3, -0.25) is 29.4 Å². The molecule has 0 spiro atoms. The topological polar surface area (TPSA) is 138 Å². The Hall–Kier alpha value is -3.60.